The zero-order valence-electron chi connectivity index (χ0n) is 9.78. The van der Waals surface area contributed by atoms with Crippen molar-refractivity contribution in [3.05, 3.63) is 35.4 Å². The number of alkyl halides is 3. The fourth-order valence-corrected chi connectivity index (χ4v) is 2.12. The molecule has 102 valence electrons. The van der Waals surface area contributed by atoms with Crippen LogP contribution in [0.5, 0.6) is 5.75 Å². The topological polar surface area (TPSA) is 39.9 Å². The summed E-state index contributed by atoms with van der Waals surface area (Å²) in [6.07, 6.45) is -1.65. The molecule has 0 amide bonds. The van der Waals surface area contributed by atoms with Crippen molar-refractivity contribution in [2.45, 2.75) is 11.8 Å². The number of hydrogen-bond donors (Lipinski definition) is 0. The van der Waals surface area contributed by atoms with Gasteiger partial charge in [-0.15, -0.1) is 5.10 Å². The molecule has 0 fully saturated rings. The van der Waals surface area contributed by atoms with Crippen LogP contribution in [0.25, 0.3) is 5.69 Å². The first kappa shape index (κ1) is 13.9. The Morgan fingerprint density at radius 1 is 1.42 bits per heavy atom. The lowest BCUT2D eigenvalue weighted by molar-refractivity contribution is 0.146. The maximum Gasteiger partial charge on any atom is 0.283 e. The monoisotopic (exact) mass is 335 g/mol. The largest absolute Gasteiger partial charge is 0.494 e. The Labute approximate surface area is 115 Å². The summed E-state index contributed by atoms with van der Waals surface area (Å²) in [5, 5.41) is 7.09. The van der Waals surface area contributed by atoms with Crippen molar-refractivity contribution in [2.24, 2.45) is 0 Å². The van der Waals surface area contributed by atoms with Crippen molar-refractivity contribution in [3.63, 3.8) is 0 Å². The van der Waals surface area contributed by atoms with E-state index < -0.39 is 17.9 Å². The van der Waals surface area contributed by atoms with Gasteiger partial charge in [0.15, 0.2) is 11.6 Å². The number of benzene rings is 1. The standard InChI is InChI=1S/C11H9BrF3N3O/c1-19-9-3-2-8(6(4-12)10(9)13)18-5-7(11(14)15)16-17-18/h2-3,5,11H,4H2,1H3. The van der Waals surface area contributed by atoms with Crippen molar-refractivity contribution in [2.75, 3.05) is 7.11 Å². The maximum absolute atomic E-state index is 14.0. The molecule has 4 nitrogen and oxygen atoms in total. The van der Waals surface area contributed by atoms with Gasteiger partial charge in [-0.25, -0.2) is 17.9 Å². The summed E-state index contributed by atoms with van der Waals surface area (Å²) in [4.78, 5) is 0. The van der Waals surface area contributed by atoms with E-state index in [1.54, 1.807) is 0 Å². The molecule has 2 aromatic rings. The lowest BCUT2D eigenvalue weighted by Crippen LogP contribution is -2.03. The summed E-state index contributed by atoms with van der Waals surface area (Å²) >= 11 is 3.15. The number of nitrogens with zero attached hydrogens (tertiary/aromatic N) is 3. The summed E-state index contributed by atoms with van der Waals surface area (Å²) < 4.78 is 44.9. The molecule has 0 spiro atoms. The van der Waals surface area contributed by atoms with Crippen LogP contribution in [0.2, 0.25) is 0 Å². The van der Waals surface area contributed by atoms with E-state index in [0.29, 0.717) is 5.69 Å². The van der Waals surface area contributed by atoms with Crippen molar-refractivity contribution < 1.29 is 17.9 Å². The number of hydrogen-bond acceptors (Lipinski definition) is 3. The number of methoxy groups -OCH3 is 1. The van der Waals surface area contributed by atoms with Crippen LogP contribution in [0.4, 0.5) is 13.2 Å². The summed E-state index contributed by atoms with van der Waals surface area (Å²) in [7, 11) is 1.35. The van der Waals surface area contributed by atoms with Gasteiger partial charge in [0.05, 0.1) is 19.0 Å². The molecule has 8 heteroatoms. The van der Waals surface area contributed by atoms with Crippen LogP contribution in [-0.4, -0.2) is 22.1 Å². The van der Waals surface area contributed by atoms with Crippen molar-refractivity contribution >= 4 is 15.9 Å². The van der Waals surface area contributed by atoms with Gasteiger partial charge in [-0.1, -0.05) is 21.1 Å². The molecule has 1 aromatic carbocycles. The minimum absolute atomic E-state index is 0.0763. The van der Waals surface area contributed by atoms with Crippen LogP contribution < -0.4 is 4.74 Å². The molecule has 1 aromatic heterocycles. The lowest BCUT2D eigenvalue weighted by Gasteiger charge is -2.10. The number of aromatic nitrogens is 3. The Morgan fingerprint density at radius 2 is 2.16 bits per heavy atom. The molecule has 0 aliphatic heterocycles. The molecule has 2 rings (SSSR count). The second-order valence-electron chi connectivity index (χ2n) is 3.60. The minimum atomic E-state index is -2.72. The van der Waals surface area contributed by atoms with E-state index in [4.69, 9.17) is 4.74 Å². The molecule has 19 heavy (non-hydrogen) atoms. The zero-order chi connectivity index (χ0) is 14.0. The van der Waals surface area contributed by atoms with E-state index in [1.165, 1.54) is 19.2 Å². The molecule has 1 heterocycles. The van der Waals surface area contributed by atoms with Gasteiger partial charge in [0, 0.05) is 10.9 Å². The smallest absolute Gasteiger partial charge is 0.283 e. The van der Waals surface area contributed by atoms with Crippen LogP contribution in [-0.2, 0) is 5.33 Å². The third-order valence-electron chi connectivity index (χ3n) is 2.52. The third kappa shape index (κ3) is 2.58. The predicted molar refractivity (Wildman–Crippen MR) is 65.5 cm³/mol. The second kappa shape index (κ2) is 5.60. The average Bonchev–Trinajstić information content (AvgIpc) is 2.87. The normalized spacial score (nSPS) is 11.1. The molecule has 0 unspecified atom stereocenters. The van der Waals surface area contributed by atoms with Gasteiger partial charge >= 0.3 is 0 Å². The van der Waals surface area contributed by atoms with Crippen molar-refractivity contribution in [3.8, 4) is 11.4 Å². The van der Waals surface area contributed by atoms with E-state index in [-0.39, 0.29) is 16.6 Å². The zero-order valence-corrected chi connectivity index (χ0v) is 11.4. The Bertz CT molecular complexity index is 589. The molecule has 0 N–H and O–H groups in total. The Morgan fingerprint density at radius 3 is 2.68 bits per heavy atom. The van der Waals surface area contributed by atoms with E-state index in [9.17, 15) is 13.2 Å². The first-order chi connectivity index (χ1) is 9.08. The number of ether oxygens (including phenoxy) is 1. The van der Waals surface area contributed by atoms with Crippen LogP contribution >= 0.6 is 15.9 Å². The van der Waals surface area contributed by atoms with Crippen LogP contribution in [0.1, 0.15) is 17.7 Å². The second-order valence-corrected chi connectivity index (χ2v) is 4.16. The van der Waals surface area contributed by atoms with Gasteiger partial charge in [-0.2, -0.15) is 0 Å². The van der Waals surface area contributed by atoms with E-state index in [1.807, 2.05) is 0 Å². The van der Waals surface area contributed by atoms with Crippen LogP contribution in [0.3, 0.4) is 0 Å². The van der Waals surface area contributed by atoms with Crippen LogP contribution in [0, 0.1) is 5.82 Å². The molecule has 0 saturated heterocycles. The average molecular weight is 336 g/mol. The fraction of sp³-hybridized carbons (Fsp3) is 0.273. The minimum Gasteiger partial charge on any atom is -0.494 e. The number of halogens is 4. The van der Waals surface area contributed by atoms with E-state index in [0.717, 1.165) is 10.9 Å². The molecule has 0 radical (unpaired) electrons. The van der Waals surface area contributed by atoms with E-state index in [2.05, 4.69) is 26.2 Å². The Kier molecular flexibility index (Phi) is 4.08. The summed E-state index contributed by atoms with van der Waals surface area (Å²) in [5.74, 6) is -0.488. The number of rotatable bonds is 4. The van der Waals surface area contributed by atoms with E-state index >= 15 is 0 Å². The quantitative estimate of drug-likeness (QED) is 0.805. The molecule has 0 aliphatic carbocycles. The highest BCUT2D eigenvalue weighted by Gasteiger charge is 2.18. The molecule has 0 atom stereocenters. The molecule has 0 bridgehead atoms. The SMILES string of the molecule is COc1ccc(-n2cc(C(F)F)nn2)c(CBr)c1F. The van der Waals surface area contributed by atoms with Gasteiger partial charge in [-0.05, 0) is 12.1 Å². The predicted octanol–water partition coefficient (Wildman–Crippen LogP) is 3.25. The third-order valence-corrected chi connectivity index (χ3v) is 3.08. The molecule has 0 saturated carbocycles. The van der Waals surface area contributed by atoms with Crippen LogP contribution in [0.15, 0.2) is 18.3 Å². The van der Waals surface area contributed by atoms with Gasteiger partial charge in [0.2, 0.25) is 0 Å². The van der Waals surface area contributed by atoms with Gasteiger partial charge in [0.25, 0.3) is 6.43 Å². The lowest BCUT2D eigenvalue weighted by atomic mass is 10.1. The maximum atomic E-state index is 14.0. The molecule has 0 aliphatic rings. The fourth-order valence-electron chi connectivity index (χ4n) is 1.58. The first-order valence-corrected chi connectivity index (χ1v) is 6.32. The van der Waals surface area contributed by atoms with Gasteiger partial charge < -0.3 is 4.74 Å². The molecular weight excluding hydrogens is 327 g/mol. The highest BCUT2D eigenvalue weighted by atomic mass is 79.9. The van der Waals surface area contributed by atoms with Gasteiger partial charge in [-0.3, -0.25) is 0 Å². The Hall–Kier alpha value is -1.57. The first-order valence-electron chi connectivity index (χ1n) is 5.20. The summed E-state index contributed by atoms with van der Waals surface area (Å²) in [5.41, 5.74) is 0.122. The molecular formula is C11H9BrF3N3O. The van der Waals surface area contributed by atoms with Crippen molar-refractivity contribution in [1.29, 1.82) is 0 Å². The van der Waals surface area contributed by atoms with Crippen molar-refractivity contribution in [1.82, 2.24) is 15.0 Å². The summed E-state index contributed by atoms with van der Waals surface area (Å²) in [6, 6.07) is 2.93. The highest BCUT2D eigenvalue weighted by Crippen LogP contribution is 2.28. The Balaban J connectivity index is 2.52. The summed E-state index contributed by atoms with van der Waals surface area (Å²) in [6.45, 7) is 0. The van der Waals surface area contributed by atoms with Gasteiger partial charge in [0.1, 0.15) is 5.69 Å². The highest BCUT2D eigenvalue weighted by molar-refractivity contribution is 9.08.